The maximum absolute atomic E-state index is 13.9. The van der Waals surface area contributed by atoms with Crippen molar-refractivity contribution in [1.29, 1.82) is 0 Å². The highest BCUT2D eigenvalue weighted by Gasteiger charge is 2.38. The van der Waals surface area contributed by atoms with Gasteiger partial charge >= 0.3 is 0 Å². The van der Waals surface area contributed by atoms with Crippen molar-refractivity contribution >= 4 is 54.1 Å². The first kappa shape index (κ1) is 31.8. The van der Waals surface area contributed by atoms with Gasteiger partial charge in [-0.1, -0.05) is 36.4 Å². The smallest absolute Gasteiger partial charge is 0.261 e. The zero-order valence-electron chi connectivity index (χ0n) is 27.3. The number of fused-ring (bicyclic) bond motifs is 8. The van der Waals surface area contributed by atoms with E-state index in [0.29, 0.717) is 35.3 Å². The van der Waals surface area contributed by atoms with Crippen LogP contribution in [0.5, 0.6) is 23.0 Å². The van der Waals surface area contributed by atoms with Gasteiger partial charge in [-0.05, 0) is 35.4 Å². The Labute approximate surface area is 287 Å². The van der Waals surface area contributed by atoms with E-state index in [0.717, 1.165) is 22.5 Å². The SMILES string of the molecule is COc1cc2c(cc1OCP(=O)(CO)COc1cc3c(cc1OC)C(=O)N1c4ccccc4C[C@H]1C=N3)N=C[C@@H]1Cc3ccccc3N1C2=O. The van der Waals surface area contributed by atoms with Gasteiger partial charge in [-0.2, -0.15) is 0 Å². The normalized spacial score (nSPS) is 18.3. The van der Waals surface area contributed by atoms with Gasteiger partial charge in [0.2, 0.25) is 0 Å². The number of carbonyl (C=O) groups is 2. The lowest BCUT2D eigenvalue weighted by Gasteiger charge is -2.23. The summed E-state index contributed by atoms with van der Waals surface area (Å²) >= 11 is 0. The Bertz CT molecular complexity index is 2020. The van der Waals surface area contributed by atoms with E-state index >= 15 is 0 Å². The van der Waals surface area contributed by atoms with Crippen LogP contribution in [0.4, 0.5) is 22.7 Å². The number of benzene rings is 4. The molecule has 4 aliphatic rings. The van der Waals surface area contributed by atoms with Crippen LogP contribution in [0.1, 0.15) is 31.8 Å². The zero-order valence-corrected chi connectivity index (χ0v) is 28.2. The predicted molar refractivity (Wildman–Crippen MR) is 189 cm³/mol. The summed E-state index contributed by atoms with van der Waals surface area (Å²) < 4.78 is 37.0. The van der Waals surface area contributed by atoms with E-state index in [-0.39, 0.29) is 46.9 Å². The fourth-order valence-electron chi connectivity index (χ4n) is 6.87. The molecule has 0 aliphatic carbocycles. The molecule has 0 unspecified atom stereocenters. The van der Waals surface area contributed by atoms with Crippen LogP contribution in [0, 0.1) is 0 Å². The number of anilines is 2. The van der Waals surface area contributed by atoms with Crippen LogP contribution < -0.4 is 28.7 Å². The number of amides is 2. The van der Waals surface area contributed by atoms with Crippen LogP contribution >= 0.6 is 7.14 Å². The number of carbonyl (C=O) groups excluding carboxylic acids is 2. The number of ether oxygens (including phenoxy) is 4. The molecule has 4 aromatic carbocycles. The van der Waals surface area contributed by atoms with Crippen LogP contribution in [0.15, 0.2) is 82.8 Å². The van der Waals surface area contributed by atoms with Crippen molar-refractivity contribution in [3.05, 3.63) is 95.1 Å². The second-order valence-corrected chi connectivity index (χ2v) is 15.4. The van der Waals surface area contributed by atoms with Gasteiger partial charge in [0.05, 0.1) is 48.8 Å². The molecule has 0 spiro atoms. The molecule has 0 saturated heterocycles. The summed E-state index contributed by atoms with van der Waals surface area (Å²) in [6.45, 7) is 0. The van der Waals surface area contributed by atoms with E-state index in [4.69, 9.17) is 18.9 Å². The first-order valence-corrected chi connectivity index (χ1v) is 18.4. The number of nitrogens with zero attached hydrogens (tertiary/aromatic N) is 4. The van der Waals surface area contributed by atoms with Crippen molar-refractivity contribution < 1.29 is 38.2 Å². The second-order valence-electron chi connectivity index (χ2n) is 12.5. The average Bonchev–Trinajstić information content (AvgIpc) is 3.64. The Morgan fingerprint density at radius 2 is 1.14 bits per heavy atom. The van der Waals surface area contributed by atoms with Crippen LogP contribution in [0.25, 0.3) is 0 Å². The topological polar surface area (TPSA) is 140 Å². The summed E-state index contributed by atoms with van der Waals surface area (Å²) in [5.74, 6) is 0.508. The number of para-hydroxylation sites is 2. The summed E-state index contributed by atoms with van der Waals surface area (Å²) in [7, 11) is -0.627. The Morgan fingerprint density at radius 1 is 0.700 bits per heavy atom. The number of hydrogen-bond acceptors (Lipinski definition) is 10. The molecule has 0 radical (unpaired) electrons. The molecule has 254 valence electrons. The van der Waals surface area contributed by atoms with Crippen molar-refractivity contribution in [2.45, 2.75) is 24.9 Å². The minimum Gasteiger partial charge on any atom is -0.493 e. The number of aliphatic hydroxyl groups excluding tert-OH is 1. The number of methoxy groups -OCH3 is 2. The molecule has 13 heteroatoms. The van der Waals surface area contributed by atoms with Gasteiger partial charge in [-0.25, -0.2) is 0 Å². The molecule has 0 aromatic heterocycles. The molecule has 50 heavy (non-hydrogen) atoms. The molecule has 4 aromatic rings. The van der Waals surface area contributed by atoms with E-state index in [2.05, 4.69) is 9.98 Å². The van der Waals surface area contributed by atoms with E-state index < -0.39 is 26.2 Å². The van der Waals surface area contributed by atoms with Crippen molar-refractivity contribution in [3.63, 3.8) is 0 Å². The lowest BCUT2D eigenvalue weighted by atomic mass is 10.1. The van der Waals surface area contributed by atoms with E-state index in [1.807, 2.05) is 48.5 Å². The Balaban J connectivity index is 1.01. The van der Waals surface area contributed by atoms with Gasteiger partial charge < -0.3 is 28.6 Å². The fraction of sp³-hybridized carbons (Fsp3) is 0.243. The molecule has 8 rings (SSSR count). The minimum absolute atomic E-state index is 0.210. The van der Waals surface area contributed by atoms with Gasteiger partial charge in [-0.3, -0.25) is 29.4 Å². The van der Waals surface area contributed by atoms with Gasteiger partial charge in [-0.15, -0.1) is 0 Å². The molecule has 1 N–H and O–H groups in total. The minimum atomic E-state index is -3.52. The number of hydrogen-bond donors (Lipinski definition) is 1. The Morgan fingerprint density at radius 3 is 1.56 bits per heavy atom. The molecule has 4 heterocycles. The highest BCUT2D eigenvalue weighted by Crippen LogP contribution is 2.48. The maximum Gasteiger partial charge on any atom is 0.261 e. The van der Waals surface area contributed by atoms with Gasteiger partial charge in [0.1, 0.15) is 19.0 Å². The molecular formula is C37H33N4O8P. The van der Waals surface area contributed by atoms with Gasteiger partial charge in [0, 0.05) is 48.8 Å². The molecule has 0 saturated carbocycles. The lowest BCUT2D eigenvalue weighted by molar-refractivity contribution is 0.0978. The molecule has 12 nitrogen and oxygen atoms in total. The molecular weight excluding hydrogens is 659 g/mol. The second kappa shape index (κ2) is 12.5. The summed E-state index contributed by atoms with van der Waals surface area (Å²) in [5, 5.41) is 10.2. The van der Waals surface area contributed by atoms with Gasteiger partial charge in [0.15, 0.2) is 30.1 Å². The largest absolute Gasteiger partial charge is 0.493 e. The number of rotatable bonds is 9. The molecule has 0 bridgehead atoms. The van der Waals surface area contributed by atoms with Gasteiger partial charge in [0.25, 0.3) is 11.8 Å². The highest BCUT2D eigenvalue weighted by atomic mass is 31.2. The predicted octanol–water partition coefficient (Wildman–Crippen LogP) is 5.96. The molecule has 2 atom stereocenters. The van der Waals surface area contributed by atoms with E-state index in [1.54, 1.807) is 46.5 Å². The summed E-state index contributed by atoms with van der Waals surface area (Å²) in [5.41, 5.74) is 5.32. The third-order valence-electron chi connectivity index (χ3n) is 9.43. The van der Waals surface area contributed by atoms with Crippen molar-refractivity contribution in [2.24, 2.45) is 9.98 Å². The quantitative estimate of drug-likeness (QED) is 0.212. The molecule has 4 aliphatic heterocycles. The third-order valence-corrected chi connectivity index (χ3v) is 11.1. The van der Waals surface area contributed by atoms with Crippen molar-refractivity contribution in [3.8, 4) is 23.0 Å². The van der Waals surface area contributed by atoms with Crippen molar-refractivity contribution in [1.82, 2.24) is 0 Å². The molecule has 0 fully saturated rings. The maximum atomic E-state index is 13.9. The van der Waals surface area contributed by atoms with E-state index in [9.17, 15) is 19.3 Å². The van der Waals surface area contributed by atoms with E-state index in [1.165, 1.54) is 14.2 Å². The monoisotopic (exact) mass is 692 g/mol. The fourth-order valence-corrected chi connectivity index (χ4v) is 7.86. The number of aliphatic hydroxyl groups is 1. The standard InChI is InChI=1S/C37H33N4O8P/c1-46-32-13-26-28(38-17-24-11-22-7-3-5-9-30(22)40(24)36(26)43)15-34(32)48-20-50(45,19-42)21-49-35-16-29-27(14-33(35)47-2)37(44)41-25(18-39-29)12-23-8-4-6-10-31(23)41/h3-10,13-18,24-25,42H,11-12,19-21H2,1-2H3/t24-,25-/m0/s1. The third kappa shape index (κ3) is 5.32. The first-order valence-electron chi connectivity index (χ1n) is 16.1. The molecule has 2 amide bonds. The average molecular weight is 693 g/mol. The van der Waals surface area contributed by atoms with Crippen LogP contribution in [0.3, 0.4) is 0 Å². The summed E-state index contributed by atoms with van der Waals surface area (Å²) in [6.07, 6.45) is 3.33. The van der Waals surface area contributed by atoms with Crippen LogP contribution in [-0.4, -0.2) is 74.7 Å². The zero-order chi connectivity index (χ0) is 34.6. The first-order chi connectivity index (χ1) is 24.3. The highest BCUT2D eigenvalue weighted by molar-refractivity contribution is 7.63. The summed E-state index contributed by atoms with van der Waals surface area (Å²) in [6, 6.07) is 21.4. The number of aliphatic imine (C=N–C) groups is 2. The van der Waals surface area contributed by atoms with Crippen molar-refractivity contribution in [2.75, 3.05) is 43.1 Å². The lowest BCUT2D eigenvalue weighted by Crippen LogP contribution is -2.37. The Kier molecular flexibility index (Phi) is 7.92. The Hall–Kier alpha value is -5.45. The van der Waals surface area contributed by atoms with Crippen LogP contribution in [0.2, 0.25) is 0 Å². The van der Waals surface area contributed by atoms with Crippen LogP contribution in [-0.2, 0) is 17.4 Å². The summed E-state index contributed by atoms with van der Waals surface area (Å²) in [4.78, 5) is 40.2.